The van der Waals surface area contributed by atoms with Crippen LogP contribution in [-0.2, 0) is 6.18 Å². The summed E-state index contributed by atoms with van der Waals surface area (Å²) in [7, 11) is 4.98. The minimum atomic E-state index is -4.67. The van der Waals surface area contributed by atoms with Gasteiger partial charge in [-0.05, 0) is 6.07 Å². The molecule has 0 aliphatic heterocycles. The normalized spacial score (nSPS) is 11.8. The van der Waals surface area contributed by atoms with Crippen molar-refractivity contribution in [3.63, 3.8) is 0 Å². The van der Waals surface area contributed by atoms with Crippen LogP contribution >= 0.6 is 0 Å². The molecule has 0 bridgehead atoms. The van der Waals surface area contributed by atoms with Crippen molar-refractivity contribution in [2.24, 2.45) is 0 Å². The van der Waals surface area contributed by atoms with Gasteiger partial charge in [-0.15, -0.1) is 0 Å². The molecule has 0 aliphatic carbocycles. The van der Waals surface area contributed by atoms with Crippen LogP contribution in [0.2, 0.25) is 0 Å². The van der Waals surface area contributed by atoms with E-state index in [0.717, 1.165) is 0 Å². The van der Waals surface area contributed by atoms with E-state index in [4.69, 9.17) is 0 Å². The highest BCUT2D eigenvalue weighted by atomic mass is 19.4. The number of nitrogens with zero attached hydrogens (tertiary/aromatic N) is 7. The summed E-state index contributed by atoms with van der Waals surface area (Å²) < 4.78 is 40.4. The molecule has 0 radical (unpaired) electrons. The number of rotatable bonds is 3. The average Bonchev–Trinajstić information content (AvgIpc) is 2.97. The second kappa shape index (κ2) is 5.58. The van der Waals surface area contributed by atoms with Gasteiger partial charge in [0.25, 0.3) is 0 Å². The topological polar surface area (TPSA) is 84.7 Å². The highest BCUT2D eigenvalue weighted by Gasteiger charge is 2.36. The van der Waals surface area contributed by atoms with Crippen LogP contribution in [0.1, 0.15) is 5.82 Å². The molecule has 3 aromatic heterocycles. The van der Waals surface area contributed by atoms with Crippen LogP contribution < -0.4 is 10.2 Å². The van der Waals surface area contributed by atoms with E-state index in [1.807, 2.05) is 0 Å². The fourth-order valence-corrected chi connectivity index (χ4v) is 2.06. The Hall–Kier alpha value is -2.98. The molecule has 3 aromatic rings. The summed E-state index contributed by atoms with van der Waals surface area (Å²) in [6.45, 7) is 0. The lowest BCUT2D eigenvalue weighted by Crippen LogP contribution is -2.15. The molecule has 0 aliphatic rings. The van der Waals surface area contributed by atoms with Gasteiger partial charge in [0.05, 0.1) is 0 Å². The van der Waals surface area contributed by atoms with Gasteiger partial charge in [-0.1, -0.05) is 0 Å². The quantitative estimate of drug-likeness (QED) is 0.778. The molecule has 3 rings (SSSR count). The Kier molecular flexibility index (Phi) is 3.70. The van der Waals surface area contributed by atoms with Gasteiger partial charge in [0.15, 0.2) is 17.0 Å². The van der Waals surface area contributed by atoms with Crippen LogP contribution in [0.3, 0.4) is 0 Å². The SMILES string of the molecule is CNc1nc(C(F)(F)F)nc2c1ncn2-c1ccnc(N(C)C)n1. The maximum atomic E-state index is 13.0. The Balaban J connectivity index is 2.24. The van der Waals surface area contributed by atoms with Crippen molar-refractivity contribution >= 4 is 22.9 Å². The molecule has 126 valence electrons. The molecule has 0 saturated heterocycles. The predicted octanol–water partition coefficient (Wildman–Crippen LogP) is 1.73. The van der Waals surface area contributed by atoms with Crippen molar-refractivity contribution in [3.05, 3.63) is 24.4 Å². The van der Waals surface area contributed by atoms with E-state index in [2.05, 4.69) is 30.2 Å². The molecule has 0 unspecified atom stereocenters. The second-order valence-corrected chi connectivity index (χ2v) is 5.04. The Morgan fingerprint density at radius 3 is 2.50 bits per heavy atom. The van der Waals surface area contributed by atoms with Crippen molar-refractivity contribution in [1.82, 2.24) is 29.5 Å². The van der Waals surface area contributed by atoms with Crippen molar-refractivity contribution in [3.8, 4) is 5.82 Å². The molecule has 11 heteroatoms. The molecule has 1 N–H and O–H groups in total. The monoisotopic (exact) mass is 338 g/mol. The number of aromatic nitrogens is 6. The van der Waals surface area contributed by atoms with Crippen LogP contribution in [0, 0.1) is 0 Å². The third-order valence-corrected chi connectivity index (χ3v) is 3.16. The van der Waals surface area contributed by atoms with E-state index in [1.54, 1.807) is 25.1 Å². The molecule has 0 aromatic carbocycles. The second-order valence-electron chi connectivity index (χ2n) is 5.04. The summed E-state index contributed by atoms with van der Waals surface area (Å²) in [6.07, 6.45) is -1.81. The van der Waals surface area contributed by atoms with Crippen molar-refractivity contribution in [2.45, 2.75) is 6.18 Å². The minimum Gasteiger partial charge on any atom is -0.371 e. The number of imidazole rings is 1. The maximum absolute atomic E-state index is 13.0. The number of fused-ring (bicyclic) bond motifs is 1. The summed E-state index contributed by atoms with van der Waals surface area (Å²) in [5.74, 6) is -0.491. The molecule has 0 fully saturated rings. The van der Waals surface area contributed by atoms with Gasteiger partial charge in [0.2, 0.25) is 11.8 Å². The van der Waals surface area contributed by atoms with Gasteiger partial charge in [-0.3, -0.25) is 4.57 Å². The molecule has 0 spiro atoms. The lowest BCUT2D eigenvalue weighted by Gasteiger charge is -2.12. The molecule has 0 amide bonds. The van der Waals surface area contributed by atoms with E-state index in [-0.39, 0.29) is 17.0 Å². The van der Waals surface area contributed by atoms with E-state index in [1.165, 1.54) is 24.1 Å². The predicted molar refractivity (Wildman–Crippen MR) is 81.1 cm³/mol. The largest absolute Gasteiger partial charge is 0.451 e. The number of hydrogen-bond donors (Lipinski definition) is 1. The highest BCUT2D eigenvalue weighted by molar-refractivity contribution is 5.84. The first kappa shape index (κ1) is 15.9. The summed E-state index contributed by atoms with van der Waals surface area (Å²) in [6, 6.07) is 1.56. The van der Waals surface area contributed by atoms with E-state index in [0.29, 0.717) is 11.8 Å². The first-order chi connectivity index (χ1) is 11.3. The lowest BCUT2D eigenvalue weighted by atomic mass is 10.4. The summed E-state index contributed by atoms with van der Waals surface area (Å²) in [5.41, 5.74) is 0.223. The molecular weight excluding hydrogens is 325 g/mol. The molecule has 24 heavy (non-hydrogen) atoms. The van der Waals surface area contributed by atoms with Gasteiger partial charge in [0.1, 0.15) is 12.1 Å². The molecule has 8 nitrogen and oxygen atoms in total. The molecule has 0 atom stereocenters. The molecule has 0 saturated carbocycles. The zero-order valence-corrected chi connectivity index (χ0v) is 13.0. The van der Waals surface area contributed by atoms with Gasteiger partial charge < -0.3 is 10.2 Å². The van der Waals surface area contributed by atoms with Gasteiger partial charge in [-0.2, -0.15) is 18.2 Å². The number of halogens is 3. The molecule has 3 heterocycles. The average molecular weight is 338 g/mol. The van der Waals surface area contributed by atoms with Gasteiger partial charge in [-0.25, -0.2) is 19.9 Å². The van der Waals surface area contributed by atoms with Crippen LogP contribution in [0.15, 0.2) is 18.6 Å². The zero-order chi connectivity index (χ0) is 17.5. The number of anilines is 2. The lowest BCUT2D eigenvalue weighted by molar-refractivity contribution is -0.144. The van der Waals surface area contributed by atoms with E-state index in [9.17, 15) is 13.2 Å². The molecular formula is C13H13F3N8. The minimum absolute atomic E-state index is 0.00470. The van der Waals surface area contributed by atoms with Crippen molar-refractivity contribution < 1.29 is 13.2 Å². The summed E-state index contributed by atoms with van der Waals surface area (Å²) in [5, 5.41) is 2.61. The number of nitrogens with one attached hydrogen (secondary N) is 1. The Bertz CT molecular complexity index is 887. The van der Waals surface area contributed by atoms with E-state index < -0.39 is 12.0 Å². The Labute approximate surface area is 134 Å². The first-order valence-corrected chi connectivity index (χ1v) is 6.82. The van der Waals surface area contributed by atoms with Crippen molar-refractivity contribution in [2.75, 3.05) is 31.4 Å². The van der Waals surface area contributed by atoms with Crippen molar-refractivity contribution in [1.29, 1.82) is 0 Å². The Morgan fingerprint density at radius 2 is 1.88 bits per heavy atom. The smallest absolute Gasteiger partial charge is 0.371 e. The van der Waals surface area contributed by atoms with Crippen LogP contribution in [0.4, 0.5) is 24.9 Å². The zero-order valence-electron chi connectivity index (χ0n) is 13.0. The number of hydrogen-bond acceptors (Lipinski definition) is 7. The summed E-state index contributed by atoms with van der Waals surface area (Å²) >= 11 is 0. The Morgan fingerprint density at radius 1 is 1.12 bits per heavy atom. The van der Waals surface area contributed by atoms with Gasteiger partial charge >= 0.3 is 6.18 Å². The fourth-order valence-electron chi connectivity index (χ4n) is 2.06. The maximum Gasteiger partial charge on any atom is 0.451 e. The third kappa shape index (κ3) is 2.68. The van der Waals surface area contributed by atoms with Crippen LogP contribution in [0.25, 0.3) is 17.0 Å². The number of alkyl halides is 3. The third-order valence-electron chi connectivity index (χ3n) is 3.16. The summed E-state index contributed by atoms with van der Waals surface area (Å²) in [4.78, 5) is 21.2. The first-order valence-electron chi connectivity index (χ1n) is 6.82. The fraction of sp³-hybridized carbons (Fsp3) is 0.308. The standard InChI is InChI=1S/C13H13F3N8/c1-17-9-8-10(22-11(21-9)13(14,15)16)24(6-19-8)7-4-5-18-12(20-7)23(2)3/h4-6H,1-3H3,(H,17,21,22). The highest BCUT2D eigenvalue weighted by Crippen LogP contribution is 2.30. The van der Waals surface area contributed by atoms with E-state index >= 15 is 0 Å². The van der Waals surface area contributed by atoms with Crippen LogP contribution in [-0.4, -0.2) is 50.6 Å². The van der Waals surface area contributed by atoms with Crippen LogP contribution in [0.5, 0.6) is 0 Å². The van der Waals surface area contributed by atoms with Gasteiger partial charge in [0, 0.05) is 27.3 Å².